The summed E-state index contributed by atoms with van der Waals surface area (Å²) in [6.07, 6.45) is 2.25. The quantitative estimate of drug-likeness (QED) is 0.432. The van der Waals surface area contributed by atoms with Gasteiger partial charge in [-0.1, -0.05) is 25.5 Å². The number of carboxylic acid groups (broad SMARTS) is 1. The van der Waals surface area contributed by atoms with E-state index in [0.29, 0.717) is 0 Å². The van der Waals surface area contributed by atoms with Crippen LogP contribution in [0.3, 0.4) is 0 Å². The molecule has 0 aromatic rings. The molecule has 104 valence electrons. The second-order valence-corrected chi connectivity index (χ2v) is 5.19. The monoisotopic (exact) mass is 256 g/mol. The Kier molecular flexibility index (Phi) is 6.66. The minimum Gasteiger partial charge on any atom is -0.480 e. The van der Waals surface area contributed by atoms with E-state index in [1.807, 2.05) is 27.7 Å². The van der Waals surface area contributed by atoms with Crippen molar-refractivity contribution in [3.8, 4) is 0 Å². The van der Waals surface area contributed by atoms with Gasteiger partial charge in [0.1, 0.15) is 0 Å². The predicted molar refractivity (Wildman–Crippen MR) is 70.2 cm³/mol. The topological polar surface area (TPSA) is 63.6 Å². The van der Waals surface area contributed by atoms with Crippen molar-refractivity contribution in [1.82, 2.24) is 0 Å². The highest BCUT2D eigenvalue weighted by Gasteiger charge is 2.47. The standard InChI is InChI=1S/C14H24O4/c1-6-18-13(17)14(12(15)16,9-11(4)5)8-7-10(2)3/h7,11H,6,8-9H2,1-5H3,(H,15,16). The van der Waals surface area contributed by atoms with Crippen LogP contribution >= 0.6 is 0 Å². The van der Waals surface area contributed by atoms with Crippen molar-refractivity contribution in [2.45, 2.75) is 47.5 Å². The van der Waals surface area contributed by atoms with Crippen LogP contribution in [0.5, 0.6) is 0 Å². The van der Waals surface area contributed by atoms with Gasteiger partial charge in [0.05, 0.1) is 6.61 Å². The highest BCUT2D eigenvalue weighted by molar-refractivity contribution is 5.99. The fourth-order valence-corrected chi connectivity index (χ4v) is 1.86. The Morgan fingerprint density at radius 2 is 1.89 bits per heavy atom. The largest absolute Gasteiger partial charge is 0.480 e. The number of ether oxygens (including phenoxy) is 1. The molecule has 0 aliphatic carbocycles. The summed E-state index contributed by atoms with van der Waals surface area (Å²) in [5.41, 5.74) is -0.463. The van der Waals surface area contributed by atoms with E-state index < -0.39 is 17.4 Å². The summed E-state index contributed by atoms with van der Waals surface area (Å²) in [4.78, 5) is 23.6. The number of carboxylic acids is 1. The van der Waals surface area contributed by atoms with Crippen molar-refractivity contribution in [3.63, 3.8) is 0 Å². The van der Waals surface area contributed by atoms with Gasteiger partial charge in [0.2, 0.25) is 0 Å². The molecule has 18 heavy (non-hydrogen) atoms. The average molecular weight is 256 g/mol. The fourth-order valence-electron chi connectivity index (χ4n) is 1.86. The van der Waals surface area contributed by atoms with Gasteiger partial charge in [-0.3, -0.25) is 9.59 Å². The Morgan fingerprint density at radius 1 is 1.33 bits per heavy atom. The van der Waals surface area contributed by atoms with Crippen LogP contribution < -0.4 is 0 Å². The lowest BCUT2D eigenvalue weighted by molar-refractivity contribution is -0.169. The average Bonchev–Trinajstić information content (AvgIpc) is 2.23. The third-order valence-corrected chi connectivity index (χ3v) is 2.69. The summed E-state index contributed by atoms with van der Waals surface area (Å²) >= 11 is 0. The van der Waals surface area contributed by atoms with E-state index >= 15 is 0 Å². The molecule has 0 saturated carbocycles. The SMILES string of the molecule is CCOC(=O)C(CC=C(C)C)(CC(C)C)C(=O)O. The van der Waals surface area contributed by atoms with Crippen LogP contribution in [0.1, 0.15) is 47.5 Å². The van der Waals surface area contributed by atoms with E-state index in [4.69, 9.17) is 4.74 Å². The van der Waals surface area contributed by atoms with E-state index in [1.54, 1.807) is 13.0 Å². The maximum absolute atomic E-state index is 12.0. The van der Waals surface area contributed by atoms with Gasteiger partial charge in [0, 0.05) is 0 Å². The molecule has 1 unspecified atom stereocenters. The Labute approximate surface area is 109 Å². The van der Waals surface area contributed by atoms with E-state index in [1.165, 1.54) is 0 Å². The Hall–Kier alpha value is -1.32. The smallest absolute Gasteiger partial charge is 0.323 e. The van der Waals surface area contributed by atoms with Crippen molar-refractivity contribution in [2.24, 2.45) is 11.3 Å². The first-order valence-corrected chi connectivity index (χ1v) is 6.30. The number of carbonyl (C=O) groups is 2. The summed E-state index contributed by atoms with van der Waals surface area (Å²) in [5.74, 6) is -1.63. The van der Waals surface area contributed by atoms with E-state index in [-0.39, 0.29) is 25.4 Å². The van der Waals surface area contributed by atoms with Gasteiger partial charge >= 0.3 is 11.9 Å². The minimum absolute atomic E-state index is 0.107. The number of hydrogen-bond donors (Lipinski definition) is 1. The highest BCUT2D eigenvalue weighted by Crippen LogP contribution is 2.33. The van der Waals surface area contributed by atoms with Crippen LogP contribution in [0, 0.1) is 11.3 Å². The zero-order valence-electron chi connectivity index (χ0n) is 11.9. The Balaban J connectivity index is 5.34. The van der Waals surface area contributed by atoms with E-state index in [2.05, 4.69) is 0 Å². The molecule has 0 fully saturated rings. The third-order valence-electron chi connectivity index (χ3n) is 2.69. The summed E-state index contributed by atoms with van der Waals surface area (Å²) < 4.78 is 4.95. The summed E-state index contributed by atoms with van der Waals surface area (Å²) in [6, 6.07) is 0. The molecule has 0 saturated heterocycles. The second kappa shape index (κ2) is 7.19. The zero-order valence-corrected chi connectivity index (χ0v) is 11.9. The van der Waals surface area contributed by atoms with Gasteiger partial charge in [-0.2, -0.15) is 0 Å². The van der Waals surface area contributed by atoms with Crippen LogP contribution in [0.25, 0.3) is 0 Å². The predicted octanol–water partition coefficient (Wildman–Crippen LogP) is 3.02. The van der Waals surface area contributed by atoms with Crippen LogP contribution in [-0.2, 0) is 14.3 Å². The molecular weight excluding hydrogens is 232 g/mol. The first-order valence-electron chi connectivity index (χ1n) is 6.30. The number of carbonyl (C=O) groups excluding carboxylic acids is 1. The first kappa shape index (κ1) is 16.7. The van der Waals surface area contributed by atoms with Gasteiger partial charge in [-0.15, -0.1) is 0 Å². The van der Waals surface area contributed by atoms with Crippen LogP contribution in [0.15, 0.2) is 11.6 Å². The number of esters is 1. The van der Waals surface area contributed by atoms with Crippen LogP contribution in [-0.4, -0.2) is 23.7 Å². The molecule has 0 heterocycles. The summed E-state index contributed by atoms with van der Waals surface area (Å²) in [7, 11) is 0. The Bertz CT molecular complexity index is 327. The maximum Gasteiger partial charge on any atom is 0.323 e. The summed E-state index contributed by atoms with van der Waals surface area (Å²) in [5, 5.41) is 9.45. The summed E-state index contributed by atoms with van der Waals surface area (Å²) in [6.45, 7) is 9.45. The molecule has 0 radical (unpaired) electrons. The first-order chi connectivity index (χ1) is 8.26. The lowest BCUT2D eigenvalue weighted by Crippen LogP contribution is -2.41. The second-order valence-electron chi connectivity index (χ2n) is 5.19. The molecule has 0 amide bonds. The number of aliphatic carboxylic acids is 1. The molecule has 0 aromatic heterocycles. The van der Waals surface area contributed by atoms with Crippen LogP contribution in [0.4, 0.5) is 0 Å². The van der Waals surface area contributed by atoms with Gasteiger partial charge in [0.15, 0.2) is 5.41 Å². The van der Waals surface area contributed by atoms with Gasteiger partial charge in [-0.25, -0.2) is 0 Å². The van der Waals surface area contributed by atoms with E-state index in [9.17, 15) is 14.7 Å². The lowest BCUT2D eigenvalue weighted by atomic mass is 9.77. The number of allylic oxidation sites excluding steroid dienone is 2. The minimum atomic E-state index is -1.46. The number of hydrogen-bond acceptors (Lipinski definition) is 3. The number of rotatable bonds is 7. The molecule has 4 nitrogen and oxygen atoms in total. The molecule has 1 atom stereocenters. The molecule has 0 aliphatic heterocycles. The fraction of sp³-hybridized carbons (Fsp3) is 0.714. The molecule has 0 aliphatic rings. The van der Waals surface area contributed by atoms with Gasteiger partial charge < -0.3 is 9.84 Å². The van der Waals surface area contributed by atoms with Gasteiger partial charge in [0.25, 0.3) is 0 Å². The molecular formula is C14H24O4. The van der Waals surface area contributed by atoms with Crippen molar-refractivity contribution in [3.05, 3.63) is 11.6 Å². The Morgan fingerprint density at radius 3 is 2.22 bits per heavy atom. The lowest BCUT2D eigenvalue weighted by Gasteiger charge is -2.27. The molecule has 0 spiro atoms. The van der Waals surface area contributed by atoms with Crippen molar-refractivity contribution in [2.75, 3.05) is 6.61 Å². The third kappa shape index (κ3) is 4.51. The van der Waals surface area contributed by atoms with E-state index in [0.717, 1.165) is 5.57 Å². The zero-order chi connectivity index (χ0) is 14.3. The molecule has 0 bridgehead atoms. The maximum atomic E-state index is 12.0. The molecule has 1 N–H and O–H groups in total. The van der Waals surface area contributed by atoms with Crippen LogP contribution in [0.2, 0.25) is 0 Å². The van der Waals surface area contributed by atoms with Crippen molar-refractivity contribution in [1.29, 1.82) is 0 Å². The van der Waals surface area contributed by atoms with Crippen molar-refractivity contribution >= 4 is 11.9 Å². The highest BCUT2D eigenvalue weighted by atomic mass is 16.5. The molecule has 4 heteroatoms. The molecule has 0 aromatic carbocycles. The molecule has 0 rings (SSSR count). The van der Waals surface area contributed by atoms with Gasteiger partial charge in [-0.05, 0) is 39.5 Å². The van der Waals surface area contributed by atoms with Crippen molar-refractivity contribution < 1.29 is 19.4 Å². The normalized spacial score (nSPS) is 13.9.